The van der Waals surface area contributed by atoms with Crippen molar-refractivity contribution in [3.05, 3.63) is 46.2 Å². The van der Waals surface area contributed by atoms with Gasteiger partial charge in [0.1, 0.15) is 5.69 Å². The van der Waals surface area contributed by atoms with Crippen molar-refractivity contribution >= 4 is 40.7 Å². The minimum absolute atomic E-state index is 0.300. The van der Waals surface area contributed by atoms with E-state index in [0.29, 0.717) is 33.3 Å². The maximum atomic E-state index is 12.5. The van der Waals surface area contributed by atoms with Crippen LogP contribution in [0.1, 0.15) is 30.3 Å². The highest BCUT2D eigenvalue weighted by atomic mass is 35.5. The number of hydrogen-bond donors (Lipinski definition) is 1. The summed E-state index contributed by atoms with van der Waals surface area (Å²) in [6.07, 6.45) is 3.93. The Bertz CT molecular complexity index is 753. The van der Waals surface area contributed by atoms with Crippen LogP contribution in [0.5, 0.6) is 0 Å². The molecule has 7 heteroatoms. The summed E-state index contributed by atoms with van der Waals surface area (Å²) in [5.41, 5.74) is 0.759. The van der Waals surface area contributed by atoms with Gasteiger partial charge in [-0.3, -0.25) is 4.79 Å². The summed E-state index contributed by atoms with van der Waals surface area (Å²) in [7, 11) is 0. The molecule has 24 heavy (non-hydrogen) atoms. The molecule has 1 fully saturated rings. The number of halogens is 2. The van der Waals surface area contributed by atoms with Crippen LogP contribution in [0.2, 0.25) is 10.0 Å². The predicted octanol–water partition coefficient (Wildman–Crippen LogP) is 4.27. The Morgan fingerprint density at radius 1 is 1.33 bits per heavy atom. The molecule has 1 amide bonds. The van der Waals surface area contributed by atoms with Gasteiger partial charge in [0.2, 0.25) is 5.95 Å². The fraction of sp³-hybridized carbons (Fsp3) is 0.353. The number of amides is 1. The lowest BCUT2D eigenvalue weighted by molar-refractivity contribution is 0.102. The second-order valence-corrected chi connectivity index (χ2v) is 6.78. The standard InChI is InChI=1S/C17H18Cl2N4O/c1-11-4-3-9-23(10-11)17-20-8-7-14(22-17)16(24)21-13-6-2-5-12(18)15(13)19/h2,5-8,11H,3-4,9-10H2,1H3,(H,21,24). The summed E-state index contributed by atoms with van der Waals surface area (Å²) in [6.45, 7) is 4.03. The summed E-state index contributed by atoms with van der Waals surface area (Å²) in [4.78, 5) is 23.3. The number of carbonyl (C=O) groups is 1. The topological polar surface area (TPSA) is 58.1 Å². The Morgan fingerprint density at radius 3 is 2.96 bits per heavy atom. The zero-order chi connectivity index (χ0) is 17.1. The van der Waals surface area contributed by atoms with E-state index in [1.165, 1.54) is 6.42 Å². The Labute approximate surface area is 151 Å². The molecule has 126 valence electrons. The minimum Gasteiger partial charge on any atom is -0.341 e. The highest BCUT2D eigenvalue weighted by Gasteiger charge is 2.20. The molecular formula is C17H18Cl2N4O. The lowest BCUT2D eigenvalue weighted by Gasteiger charge is -2.30. The summed E-state index contributed by atoms with van der Waals surface area (Å²) in [5.74, 6) is 0.851. The molecule has 0 spiro atoms. The van der Waals surface area contributed by atoms with Crippen LogP contribution in [-0.4, -0.2) is 29.0 Å². The minimum atomic E-state index is -0.340. The SMILES string of the molecule is CC1CCCN(c2nccc(C(=O)Nc3cccc(Cl)c3Cl)n2)C1. The summed E-state index contributed by atoms with van der Waals surface area (Å²) >= 11 is 12.1. The lowest BCUT2D eigenvalue weighted by atomic mass is 10.0. The Hall–Kier alpha value is -1.85. The zero-order valence-electron chi connectivity index (χ0n) is 13.3. The van der Waals surface area contributed by atoms with Crippen LogP contribution in [0, 0.1) is 5.92 Å². The van der Waals surface area contributed by atoms with E-state index < -0.39 is 0 Å². The molecule has 3 rings (SSSR count). The molecule has 0 saturated carbocycles. The van der Waals surface area contributed by atoms with E-state index in [-0.39, 0.29) is 5.91 Å². The van der Waals surface area contributed by atoms with E-state index in [1.54, 1.807) is 30.5 Å². The smallest absolute Gasteiger partial charge is 0.274 e. The third-order valence-electron chi connectivity index (χ3n) is 4.02. The molecule has 1 aliphatic rings. The van der Waals surface area contributed by atoms with Gasteiger partial charge in [0.05, 0.1) is 15.7 Å². The Balaban J connectivity index is 1.78. The van der Waals surface area contributed by atoms with Crippen molar-refractivity contribution in [3.8, 4) is 0 Å². The van der Waals surface area contributed by atoms with Crippen LogP contribution < -0.4 is 10.2 Å². The van der Waals surface area contributed by atoms with E-state index in [1.807, 2.05) is 0 Å². The van der Waals surface area contributed by atoms with E-state index in [2.05, 4.69) is 27.1 Å². The van der Waals surface area contributed by atoms with Gasteiger partial charge in [-0.05, 0) is 37.0 Å². The van der Waals surface area contributed by atoms with Crippen LogP contribution in [0.3, 0.4) is 0 Å². The third kappa shape index (κ3) is 3.79. The number of rotatable bonds is 3. The number of nitrogens with one attached hydrogen (secondary N) is 1. The van der Waals surface area contributed by atoms with Gasteiger partial charge in [-0.15, -0.1) is 0 Å². The fourth-order valence-corrected chi connectivity index (χ4v) is 3.13. The second-order valence-electron chi connectivity index (χ2n) is 5.99. The van der Waals surface area contributed by atoms with Crippen molar-refractivity contribution in [1.82, 2.24) is 9.97 Å². The molecule has 1 aromatic carbocycles. The van der Waals surface area contributed by atoms with Crippen molar-refractivity contribution < 1.29 is 4.79 Å². The number of aromatic nitrogens is 2. The first-order valence-corrected chi connectivity index (χ1v) is 8.63. The highest BCUT2D eigenvalue weighted by Crippen LogP contribution is 2.29. The molecule has 1 unspecified atom stereocenters. The molecule has 0 radical (unpaired) electrons. The summed E-state index contributed by atoms with van der Waals surface area (Å²) in [5, 5.41) is 3.44. The van der Waals surface area contributed by atoms with Gasteiger partial charge in [-0.25, -0.2) is 9.97 Å². The molecule has 1 aromatic heterocycles. The Kier molecular flexibility index (Phi) is 5.21. The van der Waals surface area contributed by atoms with Crippen molar-refractivity contribution in [1.29, 1.82) is 0 Å². The van der Waals surface area contributed by atoms with Crippen LogP contribution in [0.25, 0.3) is 0 Å². The quantitative estimate of drug-likeness (QED) is 0.883. The van der Waals surface area contributed by atoms with E-state index >= 15 is 0 Å². The largest absolute Gasteiger partial charge is 0.341 e. The lowest BCUT2D eigenvalue weighted by Crippen LogP contribution is -2.35. The number of benzene rings is 1. The molecule has 1 N–H and O–H groups in total. The highest BCUT2D eigenvalue weighted by molar-refractivity contribution is 6.44. The predicted molar refractivity (Wildman–Crippen MR) is 97.1 cm³/mol. The van der Waals surface area contributed by atoms with Crippen molar-refractivity contribution in [3.63, 3.8) is 0 Å². The van der Waals surface area contributed by atoms with E-state index in [0.717, 1.165) is 19.5 Å². The molecule has 1 atom stereocenters. The fourth-order valence-electron chi connectivity index (χ4n) is 2.78. The average molecular weight is 365 g/mol. The van der Waals surface area contributed by atoms with Gasteiger partial charge in [-0.1, -0.05) is 36.2 Å². The maximum Gasteiger partial charge on any atom is 0.274 e. The first-order valence-electron chi connectivity index (χ1n) is 7.88. The second kappa shape index (κ2) is 7.36. The maximum absolute atomic E-state index is 12.5. The molecular weight excluding hydrogens is 347 g/mol. The van der Waals surface area contributed by atoms with Gasteiger partial charge >= 0.3 is 0 Å². The molecule has 0 bridgehead atoms. The van der Waals surface area contributed by atoms with Crippen LogP contribution in [-0.2, 0) is 0 Å². The number of carbonyl (C=O) groups excluding carboxylic acids is 1. The van der Waals surface area contributed by atoms with Gasteiger partial charge in [0.15, 0.2) is 0 Å². The number of anilines is 2. The van der Waals surface area contributed by atoms with Crippen LogP contribution in [0.15, 0.2) is 30.5 Å². The molecule has 2 aromatic rings. The monoisotopic (exact) mass is 364 g/mol. The molecule has 1 aliphatic heterocycles. The first kappa shape index (κ1) is 17.0. The zero-order valence-corrected chi connectivity index (χ0v) is 14.8. The van der Waals surface area contributed by atoms with Crippen LogP contribution in [0.4, 0.5) is 11.6 Å². The van der Waals surface area contributed by atoms with Gasteiger partial charge < -0.3 is 10.2 Å². The van der Waals surface area contributed by atoms with E-state index in [4.69, 9.17) is 23.2 Å². The van der Waals surface area contributed by atoms with Crippen LogP contribution >= 0.6 is 23.2 Å². The van der Waals surface area contributed by atoms with Crippen molar-refractivity contribution in [2.75, 3.05) is 23.3 Å². The normalized spacial score (nSPS) is 17.6. The van der Waals surface area contributed by atoms with Crippen molar-refractivity contribution in [2.24, 2.45) is 5.92 Å². The Morgan fingerprint density at radius 2 is 2.17 bits per heavy atom. The number of hydrogen-bond acceptors (Lipinski definition) is 4. The van der Waals surface area contributed by atoms with Gasteiger partial charge in [0, 0.05) is 19.3 Å². The van der Waals surface area contributed by atoms with Gasteiger partial charge in [0.25, 0.3) is 5.91 Å². The molecule has 2 heterocycles. The summed E-state index contributed by atoms with van der Waals surface area (Å²) in [6, 6.07) is 6.68. The van der Waals surface area contributed by atoms with Crippen molar-refractivity contribution in [2.45, 2.75) is 19.8 Å². The molecule has 0 aliphatic carbocycles. The molecule has 1 saturated heterocycles. The van der Waals surface area contributed by atoms with Gasteiger partial charge in [-0.2, -0.15) is 0 Å². The summed E-state index contributed by atoms with van der Waals surface area (Å²) < 4.78 is 0. The third-order valence-corrected chi connectivity index (χ3v) is 4.83. The average Bonchev–Trinajstić information content (AvgIpc) is 2.59. The number of nitrogens with zero attached hydrogens (tertiary/aromatic N) is 3. The first-order chi connectivity index (χ1) is 11.5. The number of piperidine rings is 1. The van der Waals surface area contributed by atoms with E-state index in [9.17, 15) is 4.79 Å². The molecule has 5 nitrogen and oxygen atoms in total.